The van der Waals surface area contributed by atoms with Gasteiger partial charge in [-0.2, -0.15) is 8.78 Å². The predicted molar refractivity (Wildman–Crippen MR) is 117 cm³/mol. The third-order valence-corrected chi connectivity index (χ3v) is 5.97. The molecule has 1 spiro atoms. The van der Waals surface area contributed by atoms with Gasteiger partial charge in [0.2, 0.25) is 5.95 Å². The van der Waals surface area contributed by atoms with Crippen LogP contribution in [0.4, 0.5) is 8.78 Å². The standard InChI is InChI=1S/C25H16F2N4O2/c26-23-17(4-2-9-29-23)15-5-6-21-18(11-15)25(7-10-32-14-30-25)19-12-20(16-3-1-8-28-13-16)31-24(27)22(19)33-21/h1-6,8-9,11-14H,7,10H2/t25-/m0/s1. The number of ether oxygens (including phenoxy) is 2. The molecular formula is C25H16F2N4O2. The summed E-state index contributed by atoms with van der Waals surface area (Å²) in [5.74, 6) is -0.854. The fourth-order valence-corrected chi connectivity index (χ4v) is 4.39. The summed E-state index contributed by atoms with van der Waals surface area (Å²) < 4.78 is 41.0. The zero-order valence-electron chi connectivity index (χ0n) is 17.2. The fraction of sp³-hybridized carbons (Fsp3) is 0.120. The molecule has 0 amide bonds. The average molecular weight is 442 g/mol. The Labute approximate surface area is 187 Å². The van der Waals surface area contributed by atoms with Crippen molar-refractivity contribution in [1.82, 2.24) is 15.0 Å². The first kappa shape index (κ1) is 19.5. The van der Waals surface area contributed by atoms with Crippen LogP contribution in [0.25, 0.3) is 22.4 Å². The Morgan fingerprint density at radius 3 is 2.61 bits per heavy atom. The van der Waals surface area contributed by atoms with E-state index >= 15 is 4.39 Å². The van der Waals surface area contributed by atoms with Gasteiger partial charge in [-0.05, 0) is 48.0 Å². The summed E-state index contributed by atoms with van der Waals surface area (Å²) in [4.78, 5) is 16.7. The lowest BCUT2D eigenvalue weighted by atomic mass is 9.77. The Bertz CT molecular complexity index is 1410. The molecule has 162 valence electrons. The van der Waals surface area contributed by atoms with Crippen molar-refractivity contribution in [2.24, 2.45) is 4.99 Å². The van der Waals surface area contributed by atoms with Gasteiger partial charge in [-0.25, -0.2) is 15.0 Å². The minimum Gasteiger partial charge on any atom is -0.483 e. The summed E-state index contributed by atoms with van der Waals surface area (Å²) in [5.41, 5.74) is 2.31. The highest BCUT2D eigenvalue weighted by Gasteiger charge is 2.45. The number of pyridine rings is 3. The number of rotatable bonds is 2. The molecular weight excluding hydrogens is 426 g/mol. The Balaban J connectivity index is 1.59. The molecule has 0 aliphatic carbocycles. The van der Waals surface area contributed by atoms with Crippen LogP contribution in [0.5, 0.6) is 11.5 Å². The third kappa shape index (κ3) is 3.06. The molecule has 6 nitrogen and oxygen atoms in total. The lowest BCUT2D eigenvalue weighted by Gasteiger charge is -2.38. The molecule has 2 aliphatic rings. The Hall–Kier alpha value is -4.20. The monoisotopic (exact) mass is 442 g/mol. The maximum absolute atomic E-state index is 15.2. The summed E-state index contributed by atoms with van der Waals surface area (Å²) in [6.07, 6.45) is 6.48. The second kappa shape index (κ2) is 7.44. The first-order chi connectivity index (χ1) is 16.2. The third-order valence-electron chi connectivity index (χ3n) is 5.97. The van der Waals surface area contributed by atoms with Crippen LogP contribution < -0.4 is 4.74 Å². The van der Waals surface area contributed by atoms with Crippen molar-refractivity contribution in [3.8, 4) is 33.9 Å². The molecule has 0 unspecified atom stereocenters. The van der Waals surface area contributed by atoms with Crippen LogP contribution in [0.15, 0.2) is 72.1 Å². The van der Waals surface area contributed by atoms with Crippen molar-refractivity contribution in [3.05, 3.63) is 90.1 Å². The maximum Gasteiger partial charge on any atom is 0.256 e. The van der Waals surface area contributed by atoms with Crippen molar-refractivity contribution in [2.75, 3.05) is 6.61 Å². The summed E-state index contributed by atoms with van der Waals surface area (Å²) in [6, 6.07) is 13.9. The predicted octanol–water partition coefficient (Wildman–Crippen LogP) is 5.28. The zero-order valence-corrected chi connectivity index (χ0v) is 17.2. The van der Waals surface area contributed by atoms with Crippen LogP contribution in [0.2, 0.25) is 0 Å². The minimum absolute atomic E-state index is 0.0227. The molecule has 4 aromatic rings. The Morgan fingerprint density at radius 2 is 1.82 bits per heavy atom. The van der Waals surface area contributed by atoms with E-state index < -0.39 is 17.4 Å². The van der Waals surface area contributed by atoms with Crippen molar-refractivity contribution < 1.29 is 18.3 Å². The van der Waals surface area contributed by atoms with E-state index in [1.165, 1.54) is 12.6 Å². The van der Waals surface area contributed by atoms with Crippen LogP contribution in [0.1, 0.15) is 17.5 Å². The van der Waals surface area contributed by atoms with Gasteiger partial charge in [-0.3, -0.25) is 4.98 Å². The number of hydrogen-bond acceptors (Lipinski definition) is 6. The Kier molecular flexibility index (Phi) is 4.39. The van der Waals surface area contributed by atoms with Gasteiger partial charge < -0.3 is 9.47 Å². The second-order valence-corrected chi connectivity index (χ2v) is 7.79. The highest BCUT2D eigenvalue weighted by atomic mass is 19.1. The molecule has 2 aliphatic heterocycles. The molecule has 0 saturated heterocycles. The molecule has 5 heterocycles. The van der Waals surface area contributed by atoms with Crippen LogP contribution in [0, 0.1) is 11.9 Å². The maximum atomic E-state index is 15.2. The number of nitrogens with zero attached hydrogens (tertiary/aromatic N) is 4. The molecule has 0 bridgehead atoms. The van der Waals surface area contributed by atoms with Crippen molar-refractivity contribution in [3.63, 3.8) is 0 Å². The van der Waals surface area contributed by atoms with E-state index in [1.807, 2.05) is 12.1 Å². The van der Waals surface area contributed by atoms with Gasteiger partial charge >= 0.3 is 0 Å². The number of hydrogen-bond donors (Lipinski definition) is 0. The lowest BCUT2D eigenvalue weighted by molar-refractivity contribution is 0.233. The summed E-state index contributed by atoms with van der Waals surface area (Å²) >= 11 is 0. The summed E-state index contributed by atoms with van der Waals surface area (Å²) in [6.45, 7) is 0.375. The van der Waals surface area contributed by atoms with Gasteiger partial charge in [0.05, 0.1) is 12.3 Å². The first-order valence-corrected chi connectivity index (χ1v) is 10.4. The molecule has 1 aromatic carbocycles. The van der Waals surface area contributed by atoms with E-state index in [0.717, 1.165) is 0 Å². The molecule has 6 rings (SSSR count). The minimum atomic E-state index is -0.976. The van der Waals surface area contributed by atoms with Gasteiger partial charge in [0.25, 0.3) is 5.95 Å². The van der Waals surface area contributed by atoms with Crippen LogP contribution in [-0.4, -0.2) is 28.0 Å². The normalized spacial score (nSPS) is 18.2. The number of aromatic nitrogens is 3. The molecule has 3 aromatic heterocycles. The first-order valence-electron chi connectivity index (χ1n) is 10.4. The van der Waals surface area contributed by atoms with Gasteiger partial charge in [-0.15, -0.1) is 0 Å². The highest BCUT2D eigenvalue weighted by Crippen LogP contribution is 2.53. The van der Waals surface area contributed by atoms with Crippen LogP contribution in [0.3, 0.4) is 0 Å². The summed E-state index contributed by atoms with van der Waals surface area (Å²) in [5, 5.41) is 0. The van der Waals surface area contributed by atoms with E-state index in [1.54, 1.807) is 48.8 Å². The quantitative estimate of drug-likeness (QED) is 0.395. The second-order valence-electron chi connectivity index (χ2n) is 7.79. The Morgan fingerprint density at radius 1 is 0.909 bits per heavy atom. The SMILES string of the molecule is Fc1ncccc1-c1ccc2c(c1)[C@@]1(CCOC=N1)c1cc(-c3cccnc3)nc(F)c1O2. The van der Waals surface area contributed by atoms with E-state index in [-0.39, 0.29) is 5.75 Å². The van der Waals surface area contributed by atoms with Crippen LogP contribution in [-0.2, 0) is 10.3 Å². The lowest BCUT2D eigenvalue weighted by Crippen LogP contribution is -2.34. The molecule has 0 fully saturated rings. The van der Waals surface area contributed by atoms with E-state index in [4.69, 9.17) is 9.47 Å². The van der Waals surface area contributed by atoms with Gasteiger partial charge in [0.15, 0.2) is 12.2 Å². The average Bonchev–Trinajstić information content (AvgIpc) is 2.86. The summed E-state index contributed by atoms with van der Waals surface area (Å²) in [7, 11) is 0. The molecule has 33 heavy (non-hydrogen) atoms. The molecule has 8 heteroatoms. The fourth-order valence-electron chi connectivity index (χ4n) is 4.39. The number of benzene rings is 1. The highest BCUT2D eigenvalue weighted by molar-refractivity contribution is 5.71. The smallest absolute Gasteiger partial charge is 0.256 e. The van der Waals surface area contributed by atoms with Crippen molar-refractivity contribution in [2.45, 2.75) is 12.0 Å². The topological polar surface area (TPSA) is 69.5 Å². The largest absolute Gasteiger partial charge is 0.483 e. The van der Waals surface area contributed by atoms with E-state index in [2.05, 4.69) is 19.9 Å². The van der Waals surface area contributed by atoms with Crippen molar-refractivity contribution >= 4 is 6.40 Å². The molecule has 0 saturated carbocycles. The van der Waals surface area contributed by atoms with E-state index in [0.29, 0.717) is 52.3 Å². The zero-order chi connectivity index (χ0) is 22.4. The number of aliphatic imine (C=N–C) groups is 1. The molecule has 0 radical (unpaired) electrons. The molecule has 0 N–H and O–H groups in total. The van der Waals surface area contributed by atoms with Crippen LogP contribution >= 0.6 is 0 Å². The number of fused-ring (bicyclic) bond motifs is 4. The van der Waals surface area contributed by atoms with Gasteiger partial charge in [0.1, 0.15) is 11.3 Å². The molecule has 1 atom stereocenters. The number of halogens is 2. The van der Waals surface area contributed by atoms with Gasteiger partial charge in [-0.1, -0.05) is 6.07 Å². The van der Waals surface area contributed by atoms with E-state index in [9.17, 15) is 4.39 Å². The van der Waals surface area contributed by atoms with Crippen molar-refractivity contribution in [1.29, 1.82) is 0 Å². The van der Waals surface area contributed by atoms with Gasteiger partial charge in [0, 0.05) is 47.3 Å².